The highest BCUT2D eigenvalue weighted by molar-refractivity contribution is 5.54. The monoisotopic (exact) mass is 278 g/mol. The fraction of sp³-hybridized carbons (Fsp3) is 0.625. The van der Waals surface area contributed by atoms with Gasteiger partial charge in [-0.2, -0.15) is 0 Å². The Morgan fingerprint density at radius 2 is 1.75 bits per heavy atom. The van der Waals surface area contributed by atoms with Gasteiger partial charge in [0.15, 0.2) is 0 Å². The van der Waals surface area contributed by atoms with Gasteiger partial charge in [-0.05, 0) is 26.8 Å². The fourth-order valence-corrected chi connectivity index (χ4v) is 2.82. The second-order valence-electron chi connectivity index (χ2n) is 6.31. The van der Waals surface area contributed by atoms with Crippen LogP contribution in [0.5, 0.6) is 0 Å². The summed E-state index contributed by atoms with van der Waals surface area (Å²) in [5.41, 5.74) is 1.48. The molecule has 0 spiro atoms. The van der Waals surface area contributed by atoms with E-state index in [1.165, 1.54) is 0 Å². The molecular weight excluding hydrogens is 252 g/mol. The van der Waals surface area contributed by atoms with Crippen molar-refractivity contribution < 1.29 is 10.2 Å². The van der Waals surface area contributed by atoms with E-state index in [4.69, 9.17) is 0 Å². The van der Waals surface area contributed by atoms with Crippen LogP contribution in [0.4, 0.5) is 5.69 Å². The lowest BCUT2D eigenvalue weighted by Crippen LogP contribution is -2.50. The average molecular weight is 278 g/mol. The molecule has 4 nitrogen and oxygen atoms in total. The van der Waals surface area contributed by atoms with Gasteiger partial charge >= 0.3 is 0 Å². The molecule has 1 aromatic carbocycles. The zero-order valence-electron chi connectivity index (χ0n) is 12.7. The van der Waals surface area contributed by atoms with Crippen LogP contribution in [-0.2, 0) is 0 Å². The lowest BCUT2D eigenvalue weighted by molar-refractivity contribution is 0.0345. The molecule has 0 bridgehead atoms. The Kier molecular flexibility index (Phi) is 4.68. The van der Waals surface area contributed by atoms with Gasteiger partial charge in [-0.25, -0.2) is 0 Å². The van der Waals surface area contributed by atoms with E-state index in [-0.39, 0.29) is 0 Å². The van der Waals surface area contributed by atoms with E-state index in [0.29, 0.717) is 6.54 Å². The second-order valence-corrected chi connectivity index (χ2v) is 6.31. The Morgan fingerprint density at radius 3 is 2.30 bits per heavy atom. The summed E-state index contributed by atoms with van der Waals surface area (Å²) < 4.78 is 0. The maximum Gasteiger partial charge on any atom is 0.0781 e. The summed E-state index contributed by atoms with van der Waals surface area (Å²) in [7, 11) is 0. The van der Waals surface area contributed by atoms with Crippen molar-refractivity contribution in [2.24, 2.45) is 0 Å². The van der Waals surface area contributed by atoms with E-state index in [2.05, 4.69) is 15.9 Å². The van der Waals surface area contributed by atoms with E-state index >= 15 is 0 Å². The molecule has 1 atom stereocenters. The van der Waals surface area contributed by atoms with Crippen LogP contribution >= 0.6 is 0 Å². The third-order valence-corrected chi connectivity index (χ3v) is 3.71. The van der Waals surface area contributed by atoms with Crippen LogP contribution in [0.2, 0.25) is 0 Å². The molecule has 1 unspecified atom stereocenters. The van der Waals surface area contributed by atoms with E-state index in [1.54, 1.807) is 0 Å². The van der Waals surface area contributed by atoms with Crippen LogP contribution in [0, 0.1) is 0 Å². The normalized spacial score (nSPS) is 19.1. The highest BCUT2D eigenvalue weighted by Gasteiger charge is 2.24. The molecule has 0 saturated carbocycles. The van der Waals surface area contributed by atoms with Crippen molar-refractivity contribution in [1.29, 1.82) is 0 Å². The number of β-amino-alcohol motifs (C(OH)–C–C–N with tert-alkyl or cyclic N) is 1. The molecule has 0 aromatic heterocycles. The smallest absolute Gasteiger partial charge is 0.0781 e. The van der Waals surface area contributed by atoms with Crippen molar-refractivity contribution in [3.05, 3.63) is 29.8 Å². The molecule has 4 heteroatoms. The van der Waals surface area contributed by atoms with Gasteiger partial charge in [0.1, 0.15) is 0 Å². The first kappa shape index (κ1) is 15.3. The predicted octanol–water partition coefficient (Wildman–Crippen LogP) is 1.63. The number of piperazine rings is 1. The lowest BCUT2D eigenvalue weighted by Gasteiger charge is -2.39. The summed E-state index contributed by atoms with van der Waals surface area (Å²) in [6.45, 7) is 9.96. The summed E-state index contributed by atoms with van der Waals surface area (Å²) in [4.78, 5) is 4.62. The zero-order valence-corrected chi connectivity index (χ0v) is 12.7. The average Bonchev–Trinajstić information content (AvgIpc) is 2.38. The van der Waals surface area contributed by atoms with Gasteiger partial charge in [0.25, 0.3) is 0 Å². The second kappa shape index (κ2) is 6.12. The van der Waals surface area contributed by atoms with Crippen LogP contribution < -0.4 is 4.90 Å². The predicted molar refractivity (Wildman–Crippen MR) is 82.0 cm³/mol. The molecule has 1 aromatic rings. The minimum absolute atomic E-state index is 0.444. The summed E-state index contributed by atoms with van der Waals surface area (Å²) in [6, 6.07) is 8.05. The molecule has 112 valence electrons. The fourth-order valence-electron chi connectivity index (χ4n) is 2.82. The van der Waals surface area contributed by atoms with Crippen molar-refractivity contribution in [2.45, 2.75) is 32.5 Å². The minimum Gasteiger partial charge on any atom is -0.389 e. The topological polar surface area (TPSA) is 46.9 Å². The van der Waals surface area contributed by atoms with Crippen LogP contribution in [0.15, 0.2) is 24.3 Å². The molecule has 2 N–H and O–H groups in total. The number of rotatable bonds is 4. The summed E-state index contributed by atoms with van der Waals surface area (Å²) in [6.07, 6.45) is -0.444. The Morgan fingerprint density at radius 1 is 1.15 bits per heavy atom. The molecular formula is C16H26N2O2. The Hall–Kier alpha value is -1.10. The molecule has 2 rings (SSSR count). The number of nitrogens with zero attached hydrogens (tertiary/aromatic N) is 2. The minimum atomic E-state index is -0.639. The molecule has 1 heterocycles. The van der Waals surface area contributed by atoms with Gasteiger partial charge in [0.2, 0.25) is 0 Å². The van der Waals surface area contributed by atoms with Gasteiger partial charge in [0.05, 0.1) is 11.7 Å². The highest BCUT2D eigenvalue weighted by atomic mass is 16.3. The van der Waals surface area contributed by atoms with Crippen molar-refractivity contribution in [2.75, 3.05) is 37.6 Å². The molecule has 1 fully saturated rings. The van der Waals surface area contributed by atoms with Crippen LogP contribution in [0.3, 0.4) is 0 Å². The number of aliphatic hydroxyl groups is 2. The Balaban J connectivity index is 2.01. The van der Waals surface area contributed by atoms with E-state index < -0.39 is 11.7 Å². The van der Waals surface area contributed by atoms with Crippen LogP contribution in [0.25, 0.3) is 0 Å². The SMILES string of the molecule is CC(O)c1ccccc1N1CCN(CC(C)(C)O)CC1. The van der Waals surface area contributed by atoms with Gasteiger partial charge in [-0.3, -0.25) is 4.90 Å². The summed E-state index contributed by atoms with van der Waals surface area (Å²) in [5, 5.41) is 19.8. The highest BCUT2D eigenvalue weighted by Crippen LogP contribution is 2.27. The molecule has 0 radical (unpaired) electrons. The molecule has 1 saturated heterocycles. The van der Waals surface area contributed by atoms with Crippen molar-refractivity contribution in [3.8, 4) is 0 Å². The first-order chi connectivity index (χ1) is 9.37. The Labute approximate surface area is 121 Å². The maximum atomic E-state index is 9.88. The summed E-state index contributed by atoms with van der Waals surface area (Å²) >= 11 is 0. The molecule has 20 heavy (non-hydrogen) atoms. The number of hydrogen-bond acceptors (Lipinski definition) is 4. The van der Waals surface area contributed by atoms with E-state index in [0.717, 1.165) is 37.4 Å². The van der Waals surface area contributed by atoms with E-state index in [9.17, 15) is 10.2 Å². The molecule has 1 aliphatic rings. The summed E-state index contributed by atoms with van der Waals surface area (Å²) in [5.74, 6) is 0. The van der Waals surface area contributed by atoms with Gasteiger partial charge < -0.3 is 15.1 Å². The molecule has 0 amide bonds. The van der Waals surface area contributed by atoms with E-state index in [1.807, 2.05) is 39.0 Å². The number of benzene rings is 1. The number of anilines is 1. The number of para-hydroxylation sites is 1. The quantitative estimate of drug-likeness (QED) is 0.879. The molecule has 1 aliphatic heterocycles. The number of aliphatic hydroxyl groups excluding tert-OH is 1. The first-order valence-electron chi connectivity index (χ1n) is 7.33. The van der Waals surface area contributed by atoms with Crippen LogP contribution in [0.1, 0.15) is 32.4 Å². The molecule has 0 aliphatic carbocycles. The number of hydrogen-bond donors (Lipinski definition) is 2. The lowest BCUT2D eigenvalue weighted by atomic mass is 10.1. The maximum absolute atomic E-state index is 9.88. The van der Waals surface area contributed by atoms with Gasteiger partial charge in [-0.1, -0.05) is 18.2 Å². The van der Waals surface area contributed by atoms with Crippen molar-refractivity contribution >= 4 is 5.69 Å². The largest absolute Gasteiger partial charge is 0.389 e. The van der Waals surface area contributed by atoms with Crippen molar-refractivity contribution in [1.82, 2.24) is 4.90 Å². The standard InChI is InChI=1S/C16H26N2O2/c1-13(19)14-6-4-5-7-15(14)18-10-8-17(9-11-18)12-16(2,3)20/h4-7,13,19-20H,8-12H2,1-3H3. The van der Waals surface area contributed by atoms with Gasteiger partial charge in [-0.15, -0.1) is 0 Å². The third kappa shape index (κ3) is 3.95. The van der Waals surface area contributed by atoms with Crippen LogP contribution in [-0.4, -0.2) is 53.4 Å². The van der Waals surface area contributed by atoms with Gasteiger partial charge in [0, 0.05) is 44.0 Å². The third-order valence-electron chi connectivity index (χ3n) is 3.71. The van der Waals surface area contributed by atoms with Crippen molar-refractivity contribution in [3.63, 3.8) is 0 Å². The first-order valence-corrected chi connectivity index (χ1v) is 7.33. The zero-order chi connectivity index (χ0) is 14.8. The Bertz CT molecular complexity index is 432.